The van der Waals surface area contributed by atoms with E-state index in [1.54, 1.807) is 7.11 Å². The number of halogens is 1. The van der Waals surface area contributed by atoms with E-state index in [1.165, 1.54) is 11.1 Å². The van der Waals surface area contributed by atoms with Gasteiger partial charge in [0.2, 0.25) is 0 Å². The molecule has 0 saturated carbocycles. The molecule has 0 spiro atoms. The van der Waals surface area contributed by atoms with E-state index in [0.29, 0.717) is 6.61 Å². The van der Waals surface area contributed by atoms with Crippen LogP contribution in [0.3, 0.4) is 0 Å². The minimum absolute atomic E-state index is 0.289. The number of ether oxygens (including phenoxy) is 1. The van der Waals surface area contributed by atoms with Crippen LogP contribution < -0.4 is 5.73 Å². The number of nitrogens with two attached hydrogens (primary N) is 1. The molecule has 0 bridgehead atoms. The summed E-state index contributed by atoms with van der Waals surface area (Å²) >= 11 is 3.49. The fourth-order valence-corrected chi connectivity index (χ4v) is 2.80. The Morgan fingerprint density at radius 1 is 1.53 bits per heavy atom. The zero-order valence-corrected chi connectivity index (χ0v) is 10.5. The fraction of sp³-hybridized carbons (Fsp3) is 0.500. The minimum Gasteiger partial charge on any atom is -0.382 e. The Bertz CT molecular complexity index is 367. The molecule has 1 unspecified atom stereocenters. The number of benzene rings is 1. The first-order valence-corrected chi connectivity index (χ1v) is 6.02. The van der Waals surface area contributed by atoms with Crippen molar-refractivity contribution < 1.29 is 4.74 Å². The van der Waals surface area contributed by atoms with Gasteiger partial charge in [0, 0.05) is 11.6 Å². The van der Waals surface area contributed by atoms with Gasteiger partial charge in [-0.1, -0.05) is 22.0 Å². The van der Waals surface area contributed by atoms with Gasteiger partial charge in [-0.15, -0.1) is 0 Å². The van der Waals surface area contributed by atoms with Crippen LogP contribution in [-0.2, 0) is 16.7 Å². The molecule has 3 heteroatoms. The number of aryl methyl sites for hydroxylation is 1. The van der Waals surface area contributed by atoms with Crippen LogP contribution in [0.2, 0.25) is 0 Å². The maximum atomic E-state index is 6.39. The van der Waals surface area contributed by atoms with Crippen LogP contribution in [-0.4, -0.2) is 13.7 Å². The number of methoxy groups -OCH3 is 1. The Morgan fingerprint density at radius 3 is 3.07 bits per heavy atom. The van der Waals surface area contributed by atoms with Gasteiger partial charge >= 0.3 is 0 Å². The molecule has 0 fully saturated rings. The standard InChI is InChI=1S/C12H16BrNO/c1-15-8-12(14)6-2-3-9-7-10(13)4-5-11(9)12/h4-5,7H,2-3,6,8,14H2,1H3. The maximum absolute atomic E-state index is 6.39. The summed E-state index contributed by atoms with van der Waals surface area (Å²) in [6.45, 7) is 0.599. The third-order valence-electron chi connectivity index (χ3n) is 3.07. The molecular formula is C12H16BrNO. The average molecular weight is 270 g/mol. The Morgan fingerprint density at radius 2 is 2.33 bits per heavy atom. The predicted octanol–water partition coefficient (Wildman–Crippen LogP) is 2.59. The molecular weight excluding hydrogens is 254 g/mol. The van der Waals surface area contributed by atoms with Crippen molar-refractivity contribution in [2.24, 2.45) is 5.73 Å². The van der Waals surface area contributed by atoms with Crippen molar-refractivity contribution in [2.45, 2.75) is 24.8 Å². The van der Waals surface area contributed by atoms with E-state index >= 15 is 0 Å². The largest absolute Gasteiger partial charge is 0.382 e. The first-order valence-electron chi connectivity index (χ1n) is 5.22. The highest BCUT2D eigenvalue weighted by molar-refractivity contribution is 9.10. The Hall–Kier alpha value is -0.380. The highest BCUT2D eigenvalue weighted by Crippen LogP contribution is 2.34. The lowest BCUT2D eigenvalue weighted by Gasteiger charge is -2.35. The van der Waals surface area contributed by atoms with Gasteiger partial charge in [-0.2, -0.15) is 0 Å². The van der Waals surface area contributed by atoms with E-state index < -0.39 is 0 Å². The van der Waals surface area contributed by atoms with Crippen LogP contribution >= 0.6 is 15.9 Å². The lowest BCUT2D eigenvalue weighted by Crippen LogP contribution is -2.44. The molecule has 1 aromatic carbocycles. The van der Waals surface area contributed by atoms with Gasteiger partial charge in [0.1, 0.15) is 0 Å². The lowest BCUT2D eigenvalue weighted by molar-refractivity contribution is 0.121. The molecule has 0 amide bonds. The second-order valence-corrected chi connectivity index (χ2v) is 5.16. The summed E-state index contributed by atoms with van der Waals surface area (Å²) < 4.78 is 6.36. The second kappa shape index (κ2) is 4.24. The van der Waals surface area contributed by atoms with Crippen molar-refractivity contribution in [3.8, 4) is 0 Å². The van der Waals surface area contributed by atoms with Crippen LogP contribution in [0.4, 0.5) is 0 Å². The summed E-state index contributed by atoms with van der Waals surface area (Å²) in [6.07, 6.45) is 3.27. The molecule has 2 N–H and O–H groups in total. The predicted molar refractivity (Wildman–Crippen MR) is 64.8 cm³/mol. The molecule has 1 atom stereocenters. The third-order valence-corrected chi connectivity index (χ3v) is 3.57. The van der Waals surface area contributed by atoms with Gasteiger partial charge in [0.05, 0.1) is 12.1 Å². The zero-order valence-electron chi connectivity index (χ0n) is 8.92. The van der Waals surface area contributed by atoms with E-state index in [4.69, 9.17) is 10.5 Å². The Balaban J connectivity index is 2.42. The van der Waals surface area contributed by atoms with Crippen molar-refractivity contribution in [3.63, 3.8) is 0 Å². The molecule has 2 nitrogen and oxygen atoms in total. The maximum Gasteiger partial charge on any atom is 0.0684 e. The monoisotopic (exact) mass is 269 g/mol. The quantitative estimate of drug-likeness (QED) is 0.896. The van der Waals surface area contributed by atoms with Crippen LogP contribution in [0.25, 0.3) is 0 Å². The highest BCUT2D eigenvalue weighted by atomic mass is 79.9. The van der Waals surface area contributed by atoms with Crippen molar-refractivity contribution in [3.05, 3.63) is 33.8 Å². The first-order chi connectivity index (χ1) is 7.15. The zero-order chi connectivity index (χ0) is 10.9. The fourth-order valence-electron chi connectivity index (χ4n) is 2.39. The summed E-state index contributed by atoms with van der Waals surface area (Å²) in [5, 5.41) is 0. The Labute approximate surface area is 98.9 Å². The number of hydrogen-bond donors (Lipinski definition) is 1. The Kier molecular flexibility index (Phi) is 3.14. The van der Waals surface area contributed by atoms with Crippen LogP contribution in [0.1, 0.15) is 24.0 Å². The number of hydrogen-bond acceptors (Lipinski definition) is 2. The van der Waals surface area contributed by atoms with E-state index in [1.807, 2.05) is 0 Å². The molecule has 15 heavy (non-hydrogen) atoms. The SMILES string of the molecule is COCC1(N)CCCc2cc(Br)ccc21. The molecule has 2 rings (SSSR count). The summed E-state index contributed by atoms with van der Waals surface area (Å²) in [7, 11) is 1.71. The van der Waals surface area contributed by atoms with Crippen molar-refractivity contribution >= 4 is 15.9 Å². The molecule has 0 aliphatic heterocycles. The van der Waals surface area contributed by atoms with Crippen molar-refractivity contribution in [1.82, 2.24) is 0 Å². The van der Waals surface area contributed by atoms with E-state index in [2.05, 4.69) is 34.1 Å². The van der Waals surface area contributed by atoms with Gasteiger partial charge in [0.15, 0.2) is 0 Å². The van der Waals surface area contributed by atoms with Crippen LogP contribution in [0.5, 0.6) is 0 Å². The van der Waals surface area contributed by atoms with Gasteiger partial charge in [-0.25, -0.2) is 0 Å². The summed E-state index contributed by atoms with van der Waals surface area (Å²) in [5.41, 5.74) is 8.71. The smallest absolute Gasteiger partial charge is 0.0684 e. The normalized spacial score (nSPS) is 25.0. The van der Waals surface area contributed by atoms with Crippen LogP contribution in [0.15, 0.2) is 22.7 Å². The van der Waals surface area contributed by atoms with Gasteiger partial charge in [0.25, 0.3) is 0 Å². The topological polar surface area (TPSA) is 35.2 Å². The minimum atomic E-state index is -0.289. The van der Waals surface area contributed by atoms with Gasteiger partial charge in [-0.05, 0) is 42.5 Å². The summed E-state index contributed by atoms with van der Waals surface area (Å²) in [4.78, 5) is 0. The van der Waals surface area contributed by atoms with Gasteiger partial charge in [-0.3, -0.25) is 0 Å². The number of rotatable bonds is 2. The molecule has 0 heterocycles. The van der Waals surface area contributed by atoms with E-state index in [9.17, 15) is 0 Å². The first kappa shape index (κ1) is 11.1. The average Bonchev–Trinajstić information content (AvgIpc) is 2.17. The molecule has 1 aliphatic carbocycles. The van der Waals surface area contributed by atoms with Crippen molar-refractivity contribution in [1.29, 1.82) is 0 Å². The molecule has 82 valence electrons. The summed E-state index contributed by atoms with van der Waals surface area (Å²) in [5.74, 6) is 0. The van der Waals surface area contributed by atoms with Crippen LogP contribution in [0, 0.1) is 0 Å². The number of fused-ring (bicyclic) bond motifs is 1. The lowest BCUT2D eigenvalue weighted by atomic mass is 9.78. The molecule has 0 radical (unpaired) electrons. The molecule has 1 aromatic rings. The molecule has 1 aliphatic rings. The second-order valence-electron chi connectivity index (χ2n) is 4.24. The molecule has 0 saturated heterocycles. The van der Waals surface area contributed by atoms with Gasteiger partial charge < -0.3 is 10.5 Å². The highest BCUT2D eigenvalue weighted by Gasteiger charge is 2.32. The molecule has 0 aromatic heterocycles. The third kappa shape index (κ3) is 2.10. The van der Waals surface area contributed by atoms with E-state index in [-0.39, 0.29) is 5.54 Å². The van der Waals surface area contributed by atoms with Crippen molar-refractivity contribution in [2.75, 3.05) is 13.7 Å². The van der Waals surface area contributed by atoms with E-state index in [0.717, 1.165) is 23.7 Å². The summed E-state index contributed by atoms with van der Waals surface area (Å²) in [6, 6.07) is 6.35.